The highest BCUT2D eigenvalue weighted by molar-refractivity contribution is 9.10. The van der Waals surface area contributed by atoms with E-state index in [0.717, 1.165) is 27.1 Å². The van der Waals surface area contributed by atoms with E-state index >= 15 is 0 Å². The summed E-state index contributed by atoms with van der Waals surface area (Å²) in [5, 5.41) is 0. The lowest BCUT2D eigenvalue weighted by Gasteiger charge is -2.06. The van der Waals surface area contributed by atoms with Gasteiger partial charge in [-0.3, -0.25) is 4.57 Å². The van der Waals surface area contributed by atoms with E-state index < -0.39 is 0 Å². The maximum absolute atomic E-state index is 4.51. The van der Waals surface area contributed by atoms with E-state index in [4.69, 9.17) is 0 Å². The fraction of sp³-hybridized carbons (Fsp3) is 0.0833. The van der Waals surface area contributed by atoms with Gasteiger partial charge < -0.3 is 0 Å². The number of benzene rings is 1. The maximum Gasteiger partial charge on any atom is 0.156 e. The van der Waals surface area contributed by atoms with Gasteiger partial charge in [0.25, 0.3) is 0 Å². The number of hydrogen-bond donors (Lipinski definition) is 0. The molecule has 0 aliphatic carbocycles. The van der Waals surface area contributed by atoms with E-state index in [2.05, 4.69) is 30.9 Å². The van der Waals surface area contributed by atoms with Crippen molar-refractivity contribution in [2.75, 3.05) is 0 Å². The predicted octanol–water partition coefficient (Wildman–Crippen LogP) is 2.89. The molecule has 0 aliphatic rings. The SMILES string of the molecule is Cc1nc2ccccc2n1-c1ncncc1Br. The molecule has 3 aromatic rings. The van der Waals surface area contributed by atoms with Crippen molar-refractivity contribution >= 4 is 27.0 Å². The van der Waals surface area contributed by atoms with E-state index in [1.807, 2.05) is 35.8 Å². The Morgan fingerprint density at radius 2 is 2.06 bits per heavy atom. The summed E-state index contributed by atoms with van der Waals surface area (Å²) in [6.45, 7) is 1.97. The lowest BCUT2D eigenvalue weighted by Crippen LogP contribution is -2.01. The van der Waals surface area contributed by atoms with E-state index in [-0.39, 0.29) is 0 Å². The van der Waals surface area contributed by atoms with Gasteiger partial charge in [-0.1, -0.05) is 12.1 Å². The van der Waals surface area contributed by atoms with Crippen molar-refractivity contribution < 1.29 is 0 Å². The lowest BCUT2D eigenvalue weighted by molar-refractivity contribution is 0.933. The molecule has 0 aliphatic heterocycles. The van der Waals surface area contributed by atoms with Gasteiger partial charge in [0, 0.05) is 6.20 Å². The Labute approximate surface area is 106 Å². The number of hydrogen-bond acceptors (Lipinski definition) is 3. The molecule has 4 nitrogen and oxygen atoms in total. The number of aryl methyl sites for hydroxylation is 1. The van der Waals surface area contributed by atoms with Crippen molar-refractivity contribution in [2.45, 2.75) is 6.92 Å². The molecule has 0 fully saturated rings. The van der Waals surface area contributed by atoms with Crippen LogP contribution in [0.1, 0.15) is 5.82 Å². The largest absolute Gasteiger partial charge is 0.280 e. The summed E-state index contributed by atoms with van der Waals surface area (Å²) in [6.07, 6.45) is 3.27. The summed E-state index contributed by atoms with van der Waals surface area (Å²) in [5.74, 6) is 1.72. The first-order chi connectivity index (χ1) is 8.27. The molecule has 1 aromatic carbocycles. The Morgan fingerprint density at radius 1 is 1.24 bits per heavy atom. The second kappa shape index (κ2) is 3.92. The van der Waals surface area contributed by atoms with Gasteiger partial charge in [-0.2, -0.15) is 0 Å². The van der Waals surface area contributed by atoms with Gasteiger partial charge in [-0.25, -0.2) is 15.0 Å². The molecule has 0 atom stereocenters. The quantitative estimate of drug-likeness (QED) is 0.692. The number of rotatable bonds is 1. The normalized spacial score (nSPS) is 10.9. The number of nitrogens with zero attached hydrogens (tertiary/aromatic N) is 4. The van der Waals surface area contributed by atoms with Gasteiger partial charge in [-0.05, 0) is 35.0 Å². The van der Waals surface area contributed by atoms with Crippen LogP contribution >= 0.6 is 15.9 Å². The van der Waals surface area contributed by atoms with Crippen molar-refractivity contribution in [1.29, 1.82) is 0 Å². The Morgan fingerprint density at radius 3 is 2.88 bits per heavy atom. The molecule has 0 saturated heterocycles. The monoisotopic (exact) mass is 288 g/mol. The lowest BCUT2D eigenvalue weighted by atomic mass is 10.3. The molecule has 3 rings (SSSR count). The Kier molecular flexibility index (Phi) is 2.40. The third-order valence-electron chi connectivity index (χ3n) is 2.59. The minimum atomic E-state index is 0.811. The molecule has 2 heterocycles. The van der Waals surface area contributed by atoms with Gasteiger partial charge in [-0.15, -0.1) is 0 Å². The summed E-state index contributed by atoms with van der Waals surface area (Å²) in [7, 11) is 0. The minimum absolute atomic E-state index is 0.811. The highest BCUT2D eigenvalue weighted by Gasteiger charge is 2.11. The summed E-state index contributed by atoms with van der Waals surface area (Å²) < 4.78 is 2.87. The fourth-order valence-corrected chi connectivity index (χ4v) is 2.28. The molecule has 2 aromatic heterocycles. The average Bonchev–Trinajstić information content (AvgIpc) is 2.66. The Bertz CT molecular complexity index is 690. The summed E-state index contributed by atoms with van der Waals surface area (Å²) in [6, 6.07) is 8.00. The maximum atomic E-state index is 4.51. The third-order valence-corrected chi connectivity index (χ3v) is 3.15. The average molecular weight is 289 g/mol. The van der Waals surface area contributed by atoms with E-state index in [0.29, 0.717) is 0 Å². The zero-order valence-electron chi connectivity index (χ0n) is 9.13. The third kappa shape index (κ3) is 1.63. The first-order valence-electron chi connectivity index (χ1n) is 5.17. The molecule has 17 heavy (non-hydrogen) atoms. The molecular formula is C12H9BrN4. The standard InChI is InChI=1S/C12H9BrN4/c1-8-16-10-4-2-3-5-11(10)17(8)12-9(13)6-14-7-15-12/h2-7H,1H3. The summed E-state index contributed by atoms with van der Waals surface area (Å²) in [5.41, 5.74) is 2.01. The van der Waals surface area contributed by atoms with E-state index in [9.17, 15) is 0 Å². The topological polar surface area (TPSA) is 43.6 Å². The number of halogens is 1. The molecular weight excluding hydrogens is 280 g/mol. The Hall–Kier alpha value is -1.75. The second-order valence-electron chi connectivity index (χ2n) is 3.68. The minimum Gasteiger partial charge on any atom is -0.280 e. The highest BCUT2D eigenvalue weighted by atomic mass is 79.9. The first kappa shape index (κ1) is 10.4. The van der Waals surface area contributed by atoms with Gasteiger partial charge in [0.05, 0.1) is 15.5 Å². The summed E-state index contributed by atoms with van der Waals surface area (Å²) in [4.78, 5) is 12.8. The molecule has 0 radical (unpaired) electrons. The molecule has 84 valence electrons. The van der Waals surface area contributed by atoms with Gasteiger partial charge in [0.1, 0.15) is 12.2 Å². The van der Waals surface area contributed by atoms with Crippen LogP contribution in [0.5, 0.6) is 0 Å². The van der Waals surface area contributed by atoms with Crippen LogP contribution in [-0.2, 0) is 0 Å². The predicted molar refractivity (Wildman–Crippen MR) is 69.1 cm³/mol. The smallest absolute Gasteiger partial charge is 0.156 e. The fourth-order valence-electron chi connectivity index (χ4n) is 1.88. The van der Waals surface area contributed by atoms with E-state index in [1.54, 1.807) is 6.20 Å². The number of para-hydroxylation sites is 2. The van der Waals surface area contributed by atoms with Crippen LogP contribution in [0.25, 0.3) is 16.9 Å². The molecule has 0 saturated carbocycles. The van der Waals surface area contributed by atoms with Crippen molar-refractivity contribution in [3.05, 3.63) is 47.1 Å². The van der Waals surface area contributed by atoms with Crippen molar-refractivity contribution in [1.82, 2.24) is 19.5 Å². The highest BCUT2D eigenvalue weighted by Crippen LogP contribution is 2.24. The van der Waals surface area contributed by atoms with Crippen LogP contribution in [0, 0.1) is 6.92 Å². The zero-order chi connectivity index (χ0) is 11.8. The van der Waals surface area contributed by atoms with Crippen molar-refractivity contribution in [2.24, 2.45) is 0 Å². The molecule has 0 bridgehead atoms. The number of fused-ring (bicyclic) bond motifs is 1. The Balaban J connectivity index is 2.38. The molecule has 5 heteroatoms. The summed E-state index contributed by atoms with van der Waals surface area (Å²) >= 11 is 3.46. The molecule has 0 amide bonds. The van der Waals surface area contributed by atoms with Crippen molar-refractivity contribution in [3.63, 3.8) is 0 Å². The van der Waals surface area contributed by atoms with Crippen LogP contribution in [0.2, 0.25) is 0 Å². The first-order valence-corrected chi connectivity index (χ1v) is 5.96. The second-order valence-corrected chi connectivity index (χ2v) is 4.53. The molecule has 0 N–H and O–H groups in total. The number of imidazole rings is 1. The van der Waals surface area contributed by atoms with Crippen LogP contribution < -0.4 is 0 Å². The van der Waals surface area contributed by atoms with Crippen LogP contribution in [-0.4, -0.2) is 19.5 Å². The molecule has 0 spiro atoms. The van der Waals surface area contributed by atoms with Gasteiger partial charge >= 0.3 is 0 Å². The van der Waals surface area contributed by atoms with Crippen LogP contribution in [0.4, 0.5) is 0 Å². The van der Waals surface area contributed by atoms with Gasteiger partial charge in [0.2, 0.25) is 0 Å². The molecule has 0 unspecified atom stereocenters. The van der Waals surface area contributed by atoms with Crippen LogP contribution in [0.15, 0.2) is 41.3 Å². The zero-order valence-corrected chi connectivity index (χ0v) is 10.7. The van der Waals surface area contributed by atoms with Gasteiger partial charge in [0.15, 0.2) is 5.82 Å². The van der Waals surface area contributed by atoms with E-state index in [1.165, 1.54) is 6.33 Å². The van der Waals surface area contributed by atoms with Crippen LogP contribution in [0.3, 0.4) is 0 Å². The number of aromatic nitrogens is 4. The van der Waals surface area contributed by atoms with Crippen molar-refractivity contribution in [3.8, 4) is 5.82 Å².